The van der Waals surface area contributed by atoms with Crippen LogP contribution in [0.1, 0.15) is 0 Å². The zero-order chi connectivity index (χ0) is 20.1. The van der Waals surface area contributed by atoms with E-state index >= 15 is 0 Å². The number of nitrogens with zero attached hydrogens (tertiary/aromatic N) is 6. The molecule has 28 heavy (non-hydrogen) atoms. The van der Waals surface area contributed by atoms with Gasteiger partial charge in [0.25, 0.3) is 6.23 Å². The van der Waals surface area contributed by atoms with Gasteiger partial charge in [0.05, 0.1) is 5.52 Å². The maximum absolute atomic E-state index is 13.8. The average Bonchev–Trinajstić information content (AvgIpc) is 3.03. The van der Waals surface area contributed by atoms with Gasteiger partial charge < -0.3 is 14.6 Å². The van der Waals surface area contributed by atoms with Gasteiger partial charge in [0.1, 0.15) is 18.0 Å². The fourth-order valence-corrected chi connectivity index (χ4v) is 3.88. The van der Waals surface area contributed by atoms with E-state index in [1.807, 2.05) is 4.90 Å². The molecular formula is C16H15BrF4N6O. The van der Waals surface area contributed by atoms with Crippen LogP contribution in [-0.2, 0) is 4.84 Å². The molecule has 0 bridgehead atoms. The molecule has 0 aliphatic carbocycles. The summed E-state index contributed by atoms with van der Waals surface area (Å²) in [6.07, 6.45) is -5.20. The van der Waals surface area contributed by atoms with Crippen LogP contribution in [0.25, 0.3) is 10.9 Å². The van der Waals surface area contributed by atoms with E-state index in [4.69, 9.17) is 0 Å². The molecule has 2 aliphatic rings. The summed E-state index contributed by atoms with van der Waals surface area (Å²) in [6, 6.07) is 2.71. The van der Waals surface area contributed by atoms with Gasteiger partial charge in [-0.05, 0) is 33.2 Å². The normalized spacial score (nSPS) is 20.6. The molecule has 0 radical (unpaired) electrons. The van der Waals surface area contributed by atoms with Crippen LogP contribution in [0.15, 0.2) is 28.1 Å². The summed E-state index contributed by atoms with van der Waals surface area (Å²) >= 11 is 3.30. The molecule has 1 saturated heterocycles. The lowest BCUT2D eigenvalue weighted by atomic mass is 10.2. The number of halogens is 5. The fourth-order valence-electron chi connectivity index (χ4n) is 3.35. The first-order valence-corrected chi connectivity index (χ1v) is 9.18. The number of oxime groups is 1. The third-order valence-corrected chi connectivity index (χ3v) is 5.28. The van der Waals surface area contributed by atoms with Crippen LogP contribution in [0.3, 0.4) is 0 Å². The van der Waals surface area contributed by atoms with Crippen molar-refractivity contribution in [3.8, 4) is 0 Å². The molecule has 0 amide bonds. The average molecular weight is 463 g/mol. The summed E-state index contributed by atoms with van der Waals surface area (Å²) < 4.78 is 53.2. The number of guanidine groups is 1. The lowest BCUT2D eigenvalue weighted by molar-refractivity contribution is -0.241. The molecule has 1 unspecified atom stereocenters. The Bertz CT molecular complexity index is 931. The Hall–Kier alpha value is -2.37. The zero-order valence-electron chi connectivity index (χ0n) is 14.6. The first-order valence-electron chi connectivity index (χ1n) is 8.38. The van der Waals surface area contributed by atoms with E-state index in [-0.39, 0.29) is 5.96 Å². The van der Waals surface area contributed by atoms with Crippen molar-refractivity contribution in [1.29, 1.82) is 0 Å². The summed E-state index contributed by atoms with van der Waals surface area (Å²) in [5.41, 5.74) is 0.593. The van der Waals surface area contributed by atoms with E-state index in [2.05, 4.69) is 35.9 Å². The molecule has 12 heteroatoms. The van der Waals surface area contributed by atoms with Crippen LogP contribution in [0.5, 0.6) is 0 Å². The highest BCUT2D eigenvalue weighted by Gasteiger charge is 2.50. The molecule has 0 N–H and O–H groups in total. The van der Waals surface area contributed by atoms with E-state index in [1.165, 1.54) is 25.5 Å². The smallest absolute Gasteiger partial charge is 0.357 e. The summed E-state index contributed by atoms with van der Waals surface area (Å²) in [7, 11) is 1.30. The minimum absolute atomic E-state index is 0.142. The molecule has 2 aliphatic heterocycles. The molecular weight excluding hydrogens is 448 g/mol. The lowest BCUT2D eigenvalue weighted by Crippen LogP contribution is -2.54. The van der Waals surface area contributed by atoms with Crippen LogP contribution < -0.4 is 4.90 Å². The Morgan fingerprint density at radius 1 is 1.11 bits per heavy atom. The number of hydrogen-bond acceptors (Lipinski definition) is 7. The second-order valence-electron chi connectivity index (χ2n) is 6.46. The molecule has 2 aromatic rings. The third-order valence-electron chi connectivity index (χ3n) is 4.68. The van der Waals surface area contributed by atoms with Gasteiger partial charge in [0.2, 0.25) is 5.96 Å². The van der Waals surface area contributed by atoms with Crippen molar-refractivity contribution in [2.75, 3.05) is 38.1 Å². The van der Waals surface area contributed by atoms with Crippen molar-refractivity contribution in [1.82, 2.24) is 19.8 Å². The van der Waals surface area contributed by atoms with E-state index in [0.29, 0.717) is 47.4 Å². The molecule has 3 heterocycles. The topological polar surface area (TPSA) is 57.1 Å². The number of piperazine rings is 1. The molecule has 1 aromatic heterocycles. The van der Waals surface area contributed by atoms with Crippen LogP contribution >= 0.6 is 15.9 Å². The molecule has 1 aromatic carbocycles. The number of benzene rings is 1. The van der Waals surface area contributed by atoms with Crippen molar-refractivity contribution >= 4 is 38.6 Å². The number of anilines is 1. The number of hydrogen-bond donors (Lipinski definition) is 0. The van der Waals surface area contributed by atoms with E-state index in [1.54, 1.807) is 4.90 Å². The predicted molar refractivity (Wildman–Crippen MR) is 97.1 cm³/mol. The summed E-state index contributed by atoms with van der Waals surface area (Å²) in [6.45, 7) is 1.78. The maximum Gasteiger partial charge on any atom is 0.448 e. The highest BCUT2D eigenvalue weighted by atomic mass is 79.9. The SMILES string of the molecule is CN1C(N2CCN(c3ncnc4c(Br)cc(F)cc34)CC2)=NOC1C(F)(F)F. The van der Waals surface area contributed by atoms with Gasteiger partial charge in [-0.3, -0.25) is 4.90 Å². The van der Waals surface area contributed by atoms with Crippen molar-refractivity contribution in [2.24, 2.45) is 5.16 Å². The number of rotatable bonds is 1. The molecule has 4 rings (SSSR count). The molecule has 0 saturated carbocycles. The predicted octanol–water partition coefficient (Wildman–Crippen LogP) is 2.77. The molecule has 1 fully saturated rings. The first kappa shape index (κ1) is 19.0. The number of fused-ring (bicyclic) bond motifs is 1. The Labute approximate surface area is 165 Å². The third kappa shape index (κ3) is 3.29. The lowest BCUT2D eigenvalue weighted by Gasteiger charge is -2.38. The molecule has 1 atom stereocenters. The highest BCUT2D eigenvalue weighted by Crippen LogP contribution is 2.32. The maximum atomic E-state index is 13.8. The number of alkyl halides is 3. The minimum Gasteiger partial charge on any atom is -0.357 e. The molecule has 7 nitrogen and oxygen atoms in total. The largest absolute Gasteiger partial charge is 0.448 e. The second-order valence-corrected chi connectivity index (χ2v) is 7.31. The first-order chi connectivity index (χ1) is 13.3. The Balaban J connectivity index is 1.51. The summed E-state index contributed by atoms with van der Waals surface area (Å²) in [5.74, 6) is 0.311. The summed E-state index contributed by atoms with van der Waals surface area (Å²) in [5, 5.41) is 4.18. The highest BCUT2D eigenvalue weighted by molar-refractivity contribution is 9.10. The van der Waals surface area contributed by atoms with Gasteiger partial charge in [0.15, 0.2) is 0 Å². The zero-order valence-corrected chi connectivity index (χ0v) is 16.2. The fraction of sp³-hybridized carbons (Fsp3) is 0.438. The monoisotopic (exact) mass is 462 g/mol. The Kier molecular flexibility index (Phi) is 4.68. The molecule has 0 spiro atoms. The standard InChI is InChI=1S/C16H15BrF4N6O/c1-25-14(16(19,20)21)28-24-15(25)27-4-2-26(3-5-27)13-10-6-9(18)7-11(17)12(10)22-8-23-13/h6-8,14H,2-5H2,1H3. The Morgan fingerprint density at radius 3 is 2.43 bits per heavy atom. The van der Waals surface area contributed by atoms with Crippen LogP contribution in [-0.4, -0.2) is 71.4 Å². The van der Waals surface area contributed by atoms with Crippen LogP contribution in [0.2, 0.25) is 0 Å². The van der Waals surface area contributed by atoms with E-state index < -0.39 is 18.2 Å². The van der Waals surface area contributed by atoms with Crippen molar-refractivity contribution in [2.45, 2.75) is 12.4 Å². The van der Waals surface area contributed by atoms with Gasteiger partial charge in [-0.15, -0.1) is 0 Å². The van der Waals surface area contributed by atoms with Crippen molar-refractivity contribution in [3.05, 3.63) is 28.7 Å². The van der Waals surface area contributed by atoms with Crippen molar-refractivity contribution in [3.63, 3.8) is 0 Å². The Morgan fingerprint density at radius 2 is 1.79 bits per heavy atom. The number of aromatic nitrogens is 2. The van der Waals surface area contributed by atoms with Gasteiger partial charge in [-0.1, -0.05) is 0 Å². The van der Waals surface area contributed by atoms with Crippen molar-refractivity contribution < 1.29 is 22.4 Å². The van der Waals surface area contributed by atoms with Crippen LogP contribution in [0, 0.1) is 5.82 Å². The minimum atomic E-state index is -4.53. The van der Waals surface area contributed by atoms with Crippen LogP contribution in [0.4, 0.5) is 23.4 Å². The van der Waals surface area contributed by atoms with E-state index in [9.17, 15) is 17.6 Å². The van der Waals surface area contributed by atoms with Gasteiger partial charge >= 0.3 is 6.18 Å². The van der Waals surface area contributed by atoms with Gasteiger partial charge in [-0.25, -0.2) is 14.4 Å². The van der Waals surface area contributed by atoms with Gasteiger partial charge in [-0.2, -0.15) is 13.2 Å². The quantitative estimate of drug-likeness (QED) is 0.607. The molecule has 150 valence electrons. The second kappa shape index (κ2) is 6.90. The van der Waals surface area contributed by atoms with E-state index in [0.717, 1.165) is 4.90 Å². The van der Waals surface area contributed by atoms with Gasteiger partial charge in [0, 0.05) is 43.1 Å². The summed E-state index contributed by atoms with van der Waals surface area (Å²) in [4.78, 5) is 17.7.